The Kier molecular flexibility index (Phi) is 6.72. The van der Waals surface area contributed by atoms with Crippen molar-refractivity contribution < 1.29 is 14.7 Å². The number of carboxylic acids is 1. The monoisotopic (exact) mass is 292 g/mol. The molecule has 1 unspecified atom stereocenters. The van der Waals surface area contributed by atoms with Crippen LogP contribution in [-0.4, -0.2) is 35.1 Å². The number of carbonyl (C=O) groups excluding carboxylic acids is 1. The Hall–Kier alpha value is -2.04. The molecule has 1 rings (SSSR count). The van der Waals surface area contributed by atoms with Gasteiger partial charge in [0.15, 0.2) is 0 Å². The lowest BCUT2D eigenvalue weighted by Crippen LogP contribution is -2.42. The summed E-state index contributed by atoms with van der Waals surface area (Å²) in [6, 6.07) is 6.60. The van der Waals surface area contributed by atoms with E-state index in [1.807, 2.05) is 6.92 Å². The van der Waals surface area contributed by atoms with Gasteiger partial charge in [0.1, 0.15) is 0 Å². The Morgan fingerprint density at radius 3 is 2.43 bits per heavy atom. The molecule has 0 heterocycles. The maximum atomic E-state index is 12.0. The van der Waals surface area contributed by atoms with Crippen molar-refractivity contribution in [3.8, 4) is 0 Å². The molecule has 0 aliphatic heterocycles. The zero-order valence-electron chi connectivity index (χ0n) is 12.9. The first-order chi connectivity index (χ1) is 9.95. The molecule has 1 atom stereocenters. The minimum Gasteiger partial charge on any atom is -0.478 e. The summed E-state index contributed by atoms with van der Waals surface area (Å²) in [6.45, 7) is 4.56. The van der Waals surface area contributed by atoms with Crippen molar-refractivity contribution in [2.75, 3.05) is 7.05 Å². The maximum Gasteiger partial charge on any atom is 0.335 e. The highest BCUT2D eigenvalue weighted by Crippen LogP contribution is 2.08. The van der Waals surface area contributed by atoms with E-state index in [1.165, 1.54) is 12.1 Å². The fraction of sp³-hybridized carbons (Fsp3) is 0.500. The molecule has 0 radical (unpaired) electrons. The summed E-state index contributed by atoms with van der Waals surface area (Å²) in [4.78, 5) is 24.5. The van der Waals surface area contributed by atoms with Gasteiger partial charge in [0.05, 0.1) is 5.56 Å². The van der Waals surface area contributed by atoms with Crippen molar-refractivity contribution in [1.82, 2.24) is 10.2 Å². The van der Waals surface area contributed by atoms with Crippen LogP contribution < -0.4 is 5.32 Å². The summed E-state index contributed by atoms with van der Waals surface area (Å²) in [5.41, 5.74) is 1.12. The van der Waals surface area contributed by atoms with Gasteiger partial charge in [-0.05, 0) is 31.0 Å². The highest BCUT2D eigenvalue weighted by Gasteiger charge is 2.14. The number of amides is 2. The van der Waals surface area contributed by atoms with Crippen molar-refractivity contribution in [3.05, 3.63) is 35.4 Å². The van der Waals surface area contributed by atoms with Gasteiger partial charge in [-0.1, -0.05) is 31.9 Å². The van der Waals surface area contributed by atoms with Crippen molar-refractivity contribution in [3.63, 3.8) is 0 Å². The second-order valence-electron chi connectivity index (χ2n) is 5.26. The van der Waals surface area contributed by atoms with E-state index in [-0.39, 0.29) is 17.6 Å². The molecule has 5 nitrogen and oxygen atoms in total. The molecule has 0 bridgehead atoms. The van der Waals surface area contributed by atoms with Gasteiger partial charge in [0.25, 0.3) is 0 Å². The first-order valence-corrected chi connectivity index (χ1v) is 7.28. The summed E-state index contributed by atoms with van der Waals surface area (Å²) in [5, 5.41) is 11.7. The van der Waals surface area contributed by atoms with Crippen LogP contribution in [0, 0.1) is 0 Å². The minimum absolute atomic E-state index is 0.110. The van der Waals surface area contributed by atoms with Gasteiger partial charge in [-0.2, -0.15) is 0 Å². The van der Waals surface area contributed by atoms with E-state index in [2.05, 4.69) is 12.2 Å². The number of urea groups is 1. The van der Waals surface area contributed by atoms with Gasteiger partial charge in [0, 0.05) is 19.6 Å². The van der Waals surface area contributed by atoms with Crippen LogP contribution in [0.15, 0.2) is 24.3 Å². The molecular weight excluding hydrogens is 268 g/mol. The Bertz CT molecular complexity index is 471. The first-order valence-electron chi connectivity index (χ1n) is 7.28. The summed E-state index contributed by atoms with van der Waals surface area (Å²) in [7, 11) is 1.79. The summed E-state index contributed by atoms with van der Waals surface area (Å²) >= 11 is 0. The number of unbranched alkanes of at least 4 members (excludes halogenated alkanes) is 1. The van der Waals surface area contributed by atoms with E-state index < -0.39 is 5.97 Å². The van der Waals surface area contributed by atoms with Crippen LogP contribution in [-0.2, 0) is 6.54 Å². The van der Waals surface area contributed by atoms with Crippen molar-refractivity contribution >= 4 is 12.0 Å². The zero-order valence-corrected chi connectivity index (χ0v) is 12.9. The average Bonchev–Trinajstić information content (AvgIpc) is 2.49. The largest absolute Gasteiger partial charge is 0.478 e. The SMILES string of the molecule is CCCCC(C)N(C)C(=O)NCc1ccc(C(=O)O)cc1. The lowest BCUT2D eigenvalue weighted by atomic mass is 10.1. The van der Waals surface area contributed by atoms with Crippen LogP contribution in [0.1, 0.15) is 49.0 Å². The van der Waals surface area contributed by atoms with Crippen LogP contribution in [0.5, 0.6) is 0 Å². The molecule has 0 fully saturated rings. The normalized spacial score (nSPS) is 11.8. The molecule has 1 aromatic rings. The number of carbonyl (C=O) groups is 2. The number of nitrogens with zero attached hydrogens (tertiary/aromatic N) is 1. The molecule has 0 aliphatic rings. The third-order valence-electron chi connectivity index (χ3n) is 3.60. The zero-order chi connectivity index (χ0) is 15.8. The van der Waals surface area contributed by atoms with E-state index in [9.17, 15) is 9.59 Å². The van der Waals surface area contributed by atoms with Crippen LogP contribution in [0.3, 0.4) is 0 Å². The third-order valence-corrected chi connectivity index (χ3v) is 3.60. The number of hydrogen-bond donors (Lipinski definition) is 2. The van der Waals surface area contributed by atoms with E-state index in [0.717, 1.165) is 24.8 Å². The first kappa shape index (κ1) is 17.0. The molecule has 0 aromatic heterocycles. The van der Waals surface area contributed by atoms with Crippen LogP contribution in [0.25, 0.3) is 0 Å². The Morgan fingerprint density at radius 1 is 1.29 bits per heavy atom. The number of hydrogen-bond acceptors (Lipinski definition) is 2. The summed E-state index contributed by atoms with van der Waals surface area (Å²) in [6.07, 6.45) is 3.22. The molecule has 0 saturated carbocycles. The molecule has 0 aliphatic carbocycles. The second-order valence-corrected chi connectivity index (χ2v) is 5.26. The third kappa shape index (κ3) is 5.45. The fourth-order valence-electron chi connectivity index (χ4n) is 1.96. The molecule has 0 saturated heterocycles. The summed E-state index contributed by atoms with van der Waals surface area (Å²) < 4.78 is 0. The molecule has 116 valence electrons. The molecular formula is C16H24N2O3. The lowest BCUT2D eigenvalue weighted by molar-refractivity contribution is 0.0697. The maximum absolute atomic E-state index is 12.0. The number of aromatic carboxylic acids is 1. The molecule has 1 aromatic carbocycles. The number of rotatable bonds is 7. The Morgan fingerprint density at radius 2 is 1.90 bits per heavy atom. The minimum atomic E-state index is -0.949. The predicted octanol–water partition coefficient (Wildman–Crippen LogP) is 3.10. The Labute approximate surface area is 126 Å². The quantitative estimate of drug-likeness (QED) is 0.811. The number of benzene rings is 1. The molecule has 0 spiro atoms. The molecule has 2 N–H and O–H groups in total. The van der Waals surface area contributed by atoms with E-state index in [4.69, 9.17) is 5.11 Å². The lowest BCUT2D eigenvalue weighted by Gasteiger charge is -2.25. The molecule has 2 amide bonds. The van der Waals surface area contributed by atoms with Gasteiger partial charge >= 0.3 is 12.0 Å². The average molecular weight is 292 g/mol. The van der Waals surface area contributed by atoms with Gasteiger partial charge in [0.2, 0.25) is 0 Å². The number of nitrogens with one attached hydrogen (secondary N) is 1. The standard InChI is InChI=1S/C16H24N2O3/c1-4-5-6-12(2)18(3)16(21)17-11-13-7-9-14(10-8-13)15(19)20/h7-10,12H,4-6,11H2,1-3H3,(H,17,21)(H,19,20). The van der Waals surface area contributed by atoms with Gasteiger partial charge in [-0.25, -0.2) is 9.59 Å². The van der Waals surface area contributed by atoms with E-state index in [0.29, 0.717) is 6.54 Å². The topological polar surface area (TPSA) is 69.6 Å². The van der Waals surface area contributed by atoms with E-state index in [1.54, 1.807) is 24.1 Å². The highest BCUT2D eigenvalue weighted by molar-refractivity contribution is 5.87. The Balaban J connectivity index is 2.46. The van der Waals surface area contributed by atoms with Crippen LogP contribution >= 0.6 is 0 Å². The van der Waals surface area contributed by atoms with Crippen molar-refractivity contribution in [2.45, 2.75) is 45.7 Å². The highest BCUT2D eigenvalue weighted by atomic mass is 16.4. The van der Waals surface area contributed by atoms with Gasteiger partial charge in [-0.15, -0.1) is 0 Å². The second kappa shape index (κ2) is 8.29. The van der Waals surface area contributed by atoms with E-state index >= 15 is 0 Å². The van der Waals surface area contributed by atoms with Crippen molar-refractivity contribution in [2.24, 2.45) is 0 Å². The smallest absolute Gasteiger partial charge is 0.335 e. The predicted molar refractivity (Wildman–Crippen MR) is 82.4 cm³/mol. The van der Waals surface area contributed by atoms with Crippen LogP contribution in [0.4, 0.5) is 4.79 Å². The van der Waals surface area contributed by atoms with Gasteiger partial charge < -0.3 is 15.3 Å². The fourth-order valence-corrected chi connectivity index (χ4v) is 1.96. The molecule has 5 heteroatoms. The number of carboxylic acid groups (broad SMARTS) is 1. The molecule has 21 heavy (non-hydrogen) atoms. The van der Waals surface area contributed by atoms with Crippen LogP contribution in [0.2, 0.25) is 0 Å². The van der Waals surface area contributed by atoms with Gasteiger partial charge in [-0.3, -0.25) is 0 Å². The summed E-state index contributed by atoms with van der Waals surface area (Å²) in [5.74, 6) is -0.949. The van der Waals surface area contributed by atoms with Crippen molar-refractivity contribution in [1.29, 1.82) is 0 Å².